The topological polar surface area (TPSA) is 12.0 Å². The monoisotopic (exact) mass is 249 g/mol. The molecule has 0 aromatic heterocycles. The van der Waals surface area contributed by atoms with Gasteiger partial charge < -0.3 is 5.32 Å². The maximum atomic E-state index is 3.89. The highest BCUT2D eigenvalue weighted by molar-refractivity contribution is 5.37. The van der Waals surface area contributed by atoms with Gasteiger partial charge in [-0.1, -0.05) is 48.5 Å². The normalized spacial score (nSPS) is 24.2. The van der Waals surface area contributed by atoms with Crippen molar-refractivity contribution in [3.05, 3.63) is 70.8 Å². The standard InChI is InChI=1S/C18H19N/c1-3-7-15-13(5-1)9-11-17(15)19-18-12-10-14-6-2-4-8-16(14)18/h1-8,17-19H,9-12H2/t17-,18-/m1/s1. The zero-order valence-corrected chi connectivity index (χ0v) is 11.1. The summed E-state index contributed by atoms with van der Waals surface area (Å²) < 4.78 is 0. The summed E-state index contributed by atoms with van der Waals surface area (Å²) in [5.41, 5.74) is 6.11. The van der Waals surface area contributed by atoms with Crippen molar-refractivity contribution in [2.24, 2.45) is 0 Å². The number of hydrogen-bond acceptors (Lipinski definition) is 1. The van der Waals surface area contributed by atoms with E-state index in [4.69, 9.17) is 0 Å². The molecular formula is C18H19N. The van der Waals surface area contributed by atoms with Gasteiger partial charge in [0.2, 0.25) is 0 Å². The Balaban J connectivity index is 1.58. The lowest BCUT2D eigenvalue weighted by atomic mass is 10.0. The molecule has 2 aliphatic rings. The molecule has 0 amide bonds. The van der Waals surface area contributed by atoms with E-state index in [9.17, 15) is 0 Å². The van der Waals surface area contributed by atoms with Crippen LogP contribution in [0.5, 0.6) is 0 Å². The lowest BCUT2D eigenvalue weighted by Gasteiger charge is -2.20. The molecule has 0 saturated heterocycles. The van der Waals surface area contributed by atoms with Crippen LogP contribution < -0.4 is 5.32 Å². The van der Waals surface area contributed by atoms with Gasteiger partial charge in [-0.25, -0.2) is 0 Å². The van der Waals surface area contributed by atoms with Gasteiger partial charge in [-0.3, -0.25) is 0 Å². The summed E-state index contributed by atoms with van der Waals surface area (Å²) in [6.07, 6.45) is 4.94. The minimum absolute atomic E-state index is 0.548. The molecule has 0 spiro atoms. The molecule has 0 unspecified atom stereocenters. The van der Waals surface area contributed by atoms with E-state index < -0.39 is 0 Å². The van der Waals surface area contributed by atoms with E-state index in [0.717, 1.165) is 0 Å². The molecule has 1 nitrogen and oxygen atoms in total. The molecule has 2 aliphatic carbocycles. The van der Waals surface area contributed by atoms with E-state index in [1.54, 1.807) is 0 Å². The fourth-order valence-electron chi connectivity index (χ4n) is 3.70. The highest BCUT2D eigenvalue weighted by atomic mass is 15.0. The van der Waals surface area contributed by atoms with E-state index in [0.29, 0.717) is 12.1 Å². The van der Waals surface area contributed by atoms with Crippen LogP contribution in [0, 0.1) is 0 Å². The van der Waals surface area contributed by atoms with Gasteiger partial charge in [0.1, 0.15) is 0 Å². The Morgan fingerprint density at radius 1 is 0.684 bits per heavy atom. The second-order valence-corrected chi connectivity index (χ2v) is 5.75. The van der Waals surface area contributed by atoms with Crippen molar-refractivity contribution >= 4 is 0 Å². The van der Waals surface area contributed by atoms with Crippen molar-refractivity contribution in [1.29, 1.82) is 0 Å². The number of benzene rings is 2. The fraction of sp³-hybridized carbons (Fsp3) is 0.333. The van der Waals surface area contributed by atoms with Crippen molar-refractivity contribution in [1.82, 2.24) is 5.32 Å². The summed E-state index contributed by atoms with van der Waals surface area (Å²) in [6.45, 7) is 0. The number of hydrogen-bond donors (Lipinski definition) is 1. The average molecular weight is 249 g/mol. The van der Waals surface area contributed by atoms with Crippen molar-refractivity contribution in [2.45, 2.75) is 37.8 Å². The van der Waals surface area contributed by atoms with E-state index in [2.05, 4.69) is 53.8 Å². The maximum absolute atomic E-state index is 3.89. The molecule has 2 aromatic carbocycles. The molecule has 0 heterocycles. The zero-order valence-electron chi connectivity index (χ0n) is 11.1. The van der Waals surface area contributed by atoms with Crippen LogP contribution in [-0.2, 0) is 12.8 Å². The third kappa shape index (κ3) is 1.89. The van der Waals surface area contributed by atoms with Gasteiger partial charge in [-0.05, 0) is 47.9 Å². The lowest BCUT2D eigenvalue weighted by Crippen LogP contribution is -2.23. The van der Waals surface area contributed by atoms with E-state index in [1.807, 2.05) is 0 Å². The second kappa shape index (κ2) is 4.50. The molecule has 1 heteroatoms. The zero-order chi connectivity index (χ0) is 12.7. The Bertz CT molecular complexity index is 549. The van der Waals surface area contributed by atoms with Gasteiger partial charge in [0.25, 0.3) is 0 Å². The first-order valence-corrected chi connectivity index (χ1v) is 7.33. The molecule has 0 aliphatic heterocycles. The van der Waals surface area contributed by atoms with Gasteiger partial charge in [-0.15, -0.1) is 0 Å². The minimum Gasteiger partial charge on any atom is -0.303 e. The highest BCUT2D eigenvalue weighted by Crippen LogP contribution is 2.37. The van der Waals surface area contributed by atoms with Crippen LogP contribution in [0.15, 0.2) is 48.5 Å². The quantitative estimate of drug-likeness (QED) is 0.849. The van der Waals surface area contributed by atoms with Crippen LogP contribution in [0.25, 0.3) is 0 Å². The number of aryl methyl sites for hydroxylation is 2. The van der Waals surface area contributed by atoms with Crippen LogP contribution in [0.2, 0.25) is 0 Å². The summed E-state index contributed by atoms with van der Waals surface area (Å²) in [7, 11) is 0. The molecule has 0 fully saturated rings. The number of rotatable bonds is 2. The Labute approximate surface area is 114 Å². The Morgan fingerprint density at radius 2 is 1.16 bits per heavy atom. The van der Waals surface area contributed by atoms with Crippen LogP contribution in [0.3, 0.4) is 0 Å². The molecule has 2 aromatic rings. The first-order chi connectivity index (χ1) is 9.42. The maximum Gasteiger partial charge on any atom is 0.0331 e. The lowest BCUT2D eigenvalue weighted by molar-refractivity contribution is 0.440. The molecule has 0 radical (unpaired) electrons. The van der Waals surface area contributed by atoms with Crippen LogP contribution >= 0.6 is 0 Å². The second-order valence-electron chi connectivity index (χ2n) is 5.75. The van der Waals surface area contributed by atoms with Gasteiger partial charge in [0.05, 0.1) is 0 Å². The average Bonchev–Trinajstić information content (AvgIpc) is 3.05. The van der Waals surface area contributed by atoms with Crippen molar-refractivity contribution in [2.75, 3.05) is 0 Å². The van der Waals surface area contributed by atoms with E-state index >= 15 is 0 Å². The Hall–Kier alpha value is -1.60. The van der Waals surface area contributed by atoms with Crippen molar-refractivity contribution in [3.63, 3.8) is 0 Å². The summed E-state index contributed by atoms with van der Waals surface area (Å²) in [4.78, 5) is 0. The van der Waals surface area contributed by atoms with Crippen LogP contribution in [0.4, 0.5) is 0 Å². The molecule has 96 valence electrons. The van der Waals surface area contributed by atoms with Crippen molar-refractivity contribution < 1.29 is 0 Å². The molecule has 2 atom stereocenters. The Morgan fingerprint density at radius 3 is 1.68 bits per heavy atom. The summed E-state index contributed by atoms with van der Waals surface area (Å²) in [6, 6.07) is 18.9. The van der Waals surface area contributed by atoms with Gasteiger partial charge in [-0.2, -0.15) is 0 Å². The van der Waals surface area contributed by atoms with E-state index in [-0.39, 0.29) is 0 Å². The molecule has 19 heavy (non-hydrogen) atoms. The summed E-state index contributed by atoms with van der Waals surface area (Å²) in [5, 5.41) is 3.89. The minimum atomic E-state index is 0.548. The summed E-state index contributed by atoms with van der Waals surface area (Å²) in [5.74, 6) is 0. The predicted molar refractivity (Wildman–Crippen MR) is 78.1 cm³/mol. The smallest absolute Gasteiger partial charge is 0.0331 e. The third-order valence-corrected chi connectivity index (χ3v) is 4.67. The molecule has 1 N–H and O–H groups in total. The number of nitrogens with one attached hydrogen (secondary N) is 1. The van der Waals surface area contributed by atoms with Gasteiger partial charge in [0.15, 0.2) is 0 Å². The number of fused-ring (bicyclic) bond motifs is 2. The fourth-order valence-corrected chi connectivity index (χ4v) is 3.70. The predicted octanol–water partition coefficient (Wildman–Crippen LogP) is 3.95. The SMILES string of the molecule is c1ccc2c(c1)CC[C@H]2N[C@@H]1CCc2ccccc21. The Kier molecular flexibility index (Phi) is 2.66. The first kappa shape index (κ1) is 11.2. The summed E-state index contributed by atoms with van der Waals surface area (Å²) >= 11 is 0. The third-order valence-electron chi connectivity index (χ3n) is 4.67. The highest BCUT2D eigenvalue weighted by Gasteiger charge is 2.28. The van der Waals surface area contributed by atoms with E-state index in [1.165, 1.54) is 47.9 Å². The van der Waals surface area contributed by atoms with Gasteiger partial charge >= 0.3 is 0 Å². The molecule has 0 saturated carbocycles. The van der Waals surface area contributed by atoms with Crippen LogP contribution in [-0.4, -0.2) is 0 Å². The molecule has 0 bridgehead atoms. The first-order valence-electron chi connectivity index (χ1n) is 7.33. The largest absolute Gasteiger partial charge is 0.303 e. The van der Waals surface area contributed by atoms with Gasteiger partial charge in [0, 0.05) is 12.1 Å². The molecule has 4 rings (SSSR count). The molecular weight excluding hydrogens is 230 g/mol. The van der Waals surface area contributed by atoms with Crippen molar-refractivity contribution in [3.8, 4) is 0 Å². The van der Waals surface area contributed by atoms with Crippen LogP contribution in [0.1, 0.15) is 47.2 Å².